The van der Waals surface area contributed by atoms with Gasteiger partial charge in [-0.25, -0.2) is 5.43 Å². The molecular formula is C15H16N2O2S. The van der Waals surface area contributed by atoms with Gasteiger partial charge < -0.3 is 4.74 Å². The molecule has 1 aromatic heterocycles. The van der Waals surface area contributed by atoms with E-state index in [2.05, 4.69) is 10.5 Å². The van der Waals surface area contributed by atoms with Crippen molar-refractivity contribution in [2.75, 3.05) is 6.61 Å². The molecule has 20 heavy (non-hydrogen) atoms. The minimum atomic E-state index is -0.277. The highest BCUT2D eigenvalue weighted by molar-refractivity contribution is 7.11. The van der Waals surface area contributed by atoms with Gasteiger partial charge in [-0.15, -0.1) is 11.3 Å². The number of nitrogens with one attached hydrogen (secondary N) is 1. The molecule has 104 valence electrons. The molecule has 0 atom stereocenters. The number of hydrogen-bond acceptors (Lipinski definition) is 4. The summed E-state index contributed by atoms with van der Waals surface area (Å²) in [6.45, 7) is 3.86. The summed E-state index contributed by atoms with van der Waals surface area (Å²) < 4.78 is 5.53. The minimum Gasteiger partial charge on any atom is -0.483 e. The first-order valence-electron chi connectivity index (χ1n) is 6.21. The third-order valence-corrected chi connectivity index (χ3v) is 3.49. The molecular weight excluding hydrogens is 272 g/mol. The van der Waals surface area contributed by atoms with Crippen molar-refractivity contribution < 1.29 is 9.53 Å². The van der Waals surface area contributed by atoms with Gasteiger partial charge in [0.15, 0.2) is 6.61 Å². The van der Waals surface area contributed by atoms with Crippen molar-refractivity contribution in [2.24, 2.45) is 5.10 Å². The van der Waals surface area contributed by atoms with Gasteiger partial charge in [-0.05, 0) is 36.4 Å². The molecule has 0 radical (unpaired) electrons. The Morgan fingerprint density at radius 1 is 1.30 bits per heavy atom. The van der Waals surface area contributed by atoms with Gasteiger partial charge >= 0.3 is 0 Å². The number of aryl methyl sites for hydroxylation is 2. The lowest BCUT2D eigenvalue weighted by molar-refractivity contribution is -0.123. The van der Waals surface area contributed by atoms with Crippen LogP contribution in [0.25, 0.3) is 0 Å². The van der Waals surface area contributed by atoms with E-state index in [0.717, 1.165) is 21.8 Å². The Balaban J connectivity index is 1.83. The summed E-state index contributed by atoms with van der Waals surface area (Å²) in [4.78, 5) is 12.6. The zero-order valence-corrected chi connectivity index (χ0v) is 12.2. The summed E-state index contributed by atoms with van der Waals surface area (Å²) in [6.07, 6.45) is 1.61. The number of para-hydroxylation sites is 1. The summed E-state index contributed by atoms with van der Waals surface area (Å²) in [5.74, 6) is 0.477. The van der Waals surface area contributed by atoms with Gasteiger partial charge in [-0.3, -0.25) is 4.79 Å². The second-order valence-corrected chi connectivity index (χ2v) is 5.30. The molecule has 2 rings (SSSR count). The van der Waals surface area contributed by atoms with E-state index in [1.807, 2.05) is 49.6 Å². The average Bonchev–Trinajstić information content (AvgIpc) is 2.91. The van der Waals surface area contributed by atoms with Crippen molar-refractivity contribution in [1.82, 2.24) is 5.43 Å². The van der Waals surface area contributed by atoms with E-state index >= 15 is 0 Å². The Morgan fingerprint density at radius 2 is 2.05 bits per heavy atom. The molecule has 0 aliphatic rings. The number of benzene rings is 1. The summed E-state index contributed by atoms with van der Waals surface area (Å²) in [6, 6.07) is 9.72. The summed E-state index contributed by atoms with van der Waals surface area (Å²) in [5.41, 5.74) is 4.47. The summed E-state index contributed by atoms with van der Waals surface area (Å²) in [5, 5.41) is 5.83. The molecule has 0 aliphatic heterocycles. The molecule has 0 fully saturated rings. The lowest BCUT2D eigenvalue weighted by atomic mass is 10.1. The number of carbonyl (C=O) groups is 1. The molecule has 2 aromatic rings. The van der Waals surface area contributed by atoms with Crippen LogP contribution in [0, 0.1) is 13.8 Å². The molecule has 4 nitrogen and oxygen atoms in total. The van der Waals surface area contributed by atoms with Crippen molar-refractivity contribution in [2.45, 2.75) is 13.8 Å². The van der Waals surface area contributed by atoms with Crippen LogP contribution in [0.15, 0.2) is 40.8 Å². The van der Waals surface area contributed by atoms with Gasteiger partial charge in [0, 0.05) is 4.88 Å². The van der Waals surface area contributed by atoms with Crippen LogP contribution in [0.4, 0.5) is 0 Å². The smallest absolute Gasteiger partial charge is 0.277 e. The molecule has 0 aliphatic carbocycles. The van der Waals surface area contributed by atoms with Crippen molar-refractivity contribution >= 4 is 23.5 Å². The van der Waals surface area contributed by atoms with Crippen LogP contribution in [-0.2, 0) is 4.79 Å². The normalized spacial score (nSPS) is 10.7. The van der Waals surface area contributed by atoms with Crippen LogP contribution in [0.5, 0.6) is 5.75 Å². The molecule has 0 bridgehead atoms. The number of hydrogen-bond donors (Lipinski definition) is 1. The van der Waals surface area contributed by atoms with E-state index in [0.29, 0.717) is 0 Å². The van der Waals surface area contributed by atoms with Gasteiger partial charge in [-0.1, -0.05) is 24.3 Å². The topological polar surface area (TPSA) is 50.7 Å². The van der Waals surface area contributed by atoms with Crippen LogP contribution < -0.4 is 10.2 Å². The van der Waals surface area contributed by atoms with Crippen molar-refractivity contribution in [3.63, 3.8) is 0 Å². The fourth-order valence-electron chi connectivity index (χ4n) is 1.73. The number of hydrazone groups is 1. The maximum Gasteiger partial charge on any atom is 0.277 e. The lowest BCUT2D eigenvalue weighted by Crippen LogP contribution is -2.24. The first-order chi connectivity index (χ1) is 9.66. The molecule has 1 N–H and O–H groups in total. The number of nitrogens with zero attached hydrogens (tertiary/aromatic N) is 1. The van der Waals surface area contributed by atoms with Gasteiger partial charge in [0.2, 0.25) is 0 Å². The second kappa shape index (κ2) is 6.86. The van der Waals surface area contributed by atoms with Gasteiger partial charge in [0.05, 0.1) is 6.21 Å². The Kier molecular flexibility index (Phi) is 4.90. The average molecular weight is 288 g/mol. The first kappa shape index (κ1) is 14.3. The summed E-state index contributed by atoms with van der Waals surface area (Å²) >= 11 is 1.56. The van der Waals surface area contributed by atoms with Gasteiger partial charge in [0.1, 0.15) is 5.75 Å². The molecule has 0 unspecified atom stereocenters. The van der Waals surface area contributed by atoms with Gasteiger partial charge in [0.25, 0.3) is 5.91 Å². The highest BCUT2D eigenvalue weighted by Crippen LogP contribution is 2.21. The van der Waals surface area contributed by atoms with E-state index in [1.165, 1.54) is 0 Å². The molecule has 5 heteroatoms. The Morgan fingerprint density at radius 3 is 2.70 bits per heavy atom. The monoisotopic (exact) mass is 288 g/mol. The van der Waals surface area contributed by atoms with E-state index in [4.69, 9.17) is 4.74 Å². The quantitative estimate of drug-likeness (QED) is 0.679. The van der Waals surface area contributed by atoms with Crippen LogP contribution >= 0.6 is 11.3 Å². The molecule has 1 heterocycles. The Labute approximate surface area is 122 Å². The molecule has 1 aromatic carbocycles. The zero-order chi connectivity index (χ0) is 14.4. The molecule has 1 amide bonds. The molecule has 0 saturated carbocycles. The third kappa shape index (κ3) is 3.93. The minimum absolute atomic E-state index is 0.0481. The predicted molar refractivity (Wildman–Crippen MR) is 81.5 cm³/mol. The van der Waals surface area contributed by atoms with E-state index in [9.17, 15) is 4.79 Å². The standard InChI is InChI=1S/C15H16N2O2S/c1-11-5-3-6-12(2)15(11)19-10-14(18)17-16-9-13-7-4-8-20-13/h3-9H,10H2,1-2H3,(H,17,18). The number of amides is 1. The van der Waals surface area contributed by atoms with E-state index in [-0.39, 0.29) is 12.5 Å². The molecule has 0 saturated heterocycles. The van der Waals surface area contributed by atoms with Crippen molar-refractivity contribution in [3.05, 3.63) is 51.7 Å². The van der Waals surface area contributed by atoms with Crippen LogP contribution in [-0.4, -0.2) is 18.7 Å². The first-order valence-corrected chi connectivity index (χ1v) is 7.09. The fourth-order valence-corrected chi connectivity index (χ4v) is 2.31. The Hall–Kier alpha value is -2.14. The number of thiophene rings is 1. The third-order valence-electron chi connectivity index (χ3n) is 2.68. The largest absolute Gasteiger partial charge is 0.483 e. The number of carbonyl (C=O) groups excluding carboxylic acids is 1. The van der Waals surface area contributed by atoms with Crippen molar-refractivity contribution in [1.29, 1.82) is 0 Å². The maximum atomic E-state index is 11.6. The van der Waals surface area contributed by atoms with Crippen molar-refractivity contribution in [3.8, 4) is 5.75 Å². The van der Waals surface area contributed by atoms with Crippen LogP contribution in [0.2, 0.25) is 0 Å². The maximum absolute atomic E-state index is 11.6. The number of ether oxygens (including phenoxy) is 1. The highest BCUT2D eigenvalue weighted by atomic mass is 32.1. The highest BCUT2D eigenvalue weighted by Gasteiger charge is 2.06. The number of rotatable bonds is 5. The SMILES string of the molecule is Cc1cccc(C)c1OCC(=O)NN=Cc1cccs1. The zero-order valence-electron chi connectivity index (χ0n) is 11.4. The second-order valence-electron chi connectivity index (χ2n) is 4.32. The van der Waals surface area contributed by atoms with E-state index in [1.54, 1.807) is 17.6 Å². The Bertz CT molecular complexity index is 586. The van der Waals surface area contributed by atoms with Crippen LogP contribution in [0.1, 0.15) is 16.0 Å². The summed E-state index contributed by atoms with van der Waals surface area (Å²) in [7, 11) is 0. The van der Waals surface area contributed by atoms with Crippen LogP contribution in [0.3, 0.4) is 0 Å². The predicted octanol–water partition coefficient (Wildman–Crippen LogP) is 2.89. The van der Waals surface area contributed by atoms with Gasteiger partial charge in [-0.2, -0.15) is 5.10 Å². The lowest BCUT2D eigenvalue weighted by Gasteiger charge is -2.10. The van der Waals surface area contributed by atoms with E-state index < -0.39 is 0 Å². The fraction of sp³-hybridized carbons (Fsp3) is 0.200. The molecule has 0 spiro atoms.